The first-order chi connectivity index (χ1) is 6.12. The van der Waals surface area contributed by atoms with Gasteiger partial charge in [0, 0.05) is 9.40 Å². The number of carbonyl (C=O) groups excluding carboxylic acids is 2. The summed E-state index contributed by atoms with van der Waals surface area (Å²) in [5.41, 5.74) is -0.649. The van der Waals surface area contributed by atoms with Crippen LogP contribution in [0.3, 0.4) is 0 Å². The third-order valence-electron chi connectivity index (χ3n) is 2.70. The molecule has 2 N–H and O–H groups in total. The first-order valence-corrected chi connectivity index (χ1v) is 4.45. The zero-order valence-corrected chi connectivity index (χ0v) is 7.59. The van der Waals surface area contributed by atoms with Gasteiger partial charge in [-0.3, -0.25) is 10.1 Å². The van der Waals surface area contributed by atoms with Gasteiger partial charge in [0.2, 0.25) is 0 Å². The van der Waals surface area contributed by atoms with Gasteiger partial charge in [0.25, 0.3) is 5.91 Å². The second-order valence-corrected chi connectivity index (χ2v) is 3.83. The zero-order chi connectivity index (χ0) is 9.47. The highest BCUT2D eigenvalue weighted by atomic mass is 16.2. The van der Waals surface area contributed by atoms with Crippen molar-refractivity contribution in [1.29, 1.82) is 0 Å². The van der Waals surface area contributed by atoms with Crippen LogP contribution in [-0.2, 0) is 4.79 Å². The normalized spacial score (nSPS) is 34.8. The van der Waals surface area contributed by atoms with Gasteiger partial charge in [-0.1, -0.05) is 0 Å². The first kappa shape index (κ1) is 8.50. The third kappa shape index (κ3) is 1.29. The van der Waals surface area contributed by atoms with E-state index in [1.807, 2.05) is 7.05 Å². The number of amides is 3. The van der Waals surface area contributed by atoms with Crippen LogP contribution >= 0.6 is 0 Å². The quantitative estimate of drug-likeness (QED) is 0.515. The minimum atomic E-state index is -0.649. The van der Waals surface area contributed by atoms with Gasteiger partial charge in [-0.25, -0.2) is 4.79 Å². The van der Waals surface area contributed by atoms with Gasteiger partial charge in [0.15, 0.2) is 0 Å². The molecular formula is C8H17N3O2. The number of hydrogen-bond donors (Lipinski definition) is 2. The van der Waals surface area contributed by atoms with Crippen LogP contribution in [0.5, 0.6) is 0 Å². The molecule has 0 unspecified atom stereocenters. The predicted molar refractivity (Wildman–Crippen MR) is 50.4 cm³/mol. The molecule has 5 nitrogen and oxygen atoms in total. The number of piperidine rings is 1. The van der Waals surface area contributed by atoms with Crippen LogP contribution < -0.4 is 10.6 Å². The minimum Gasteiger partial charge on any atom is -0.322 e. The molecular weight excluding hydrogens is 170 g/mol. The molecule has 3 amide bonds. The van der Waals surface area contributed by atoms with E-state index in [4.69, 9.17) is 0 Å². The van der Waals surface area contributed by atoms with Gasteiger partial charge < -0.3 is 10.2 Å². The van der Waals surface area contributed by atoms with E-state index in [0.29, 0.717) is 6.54 Å². The number of imide groups is 1. The number of carbonyl (C=O) groups is 2. The summed E-state index contributed by atoms with van der Waals surface area (Å²) in [6, 6.07) is -0.361. The highest BCUT2D eigenvalue weighted by Crippen LogP contribution is 2.23. The molecule has 2 aliphatic rings. The van der Waals surface area contributed by atoms with Crippen molar-refractivity contribution in [2.75, 3.05) is 20.1 Å². The van der Waals surface area contributed by atoms with E-state index >= 15 is 0 Å². The predicted octanol–water partition coefficient (Wildman–Crippen LogP) is -0.218. The standard InChI is InChI=1S/C8H13N3O2.2H2/c1-11-4-2-3-8(5-11)6(12)9-7(13)10-8;;/h2-5H2,1H3,(H2,9,10,12,13);2*1H/t8-;;/m1../s1. The topological polar surface area (TPSA) is 61.4 Å². The van der Waals surface area contributed by atoms with Crippen molar-refractivity contribution in [1.82, 2.24) is 15.5 Å². The monoisotopic (exact) mass is 187 g/mol. The molecule has 2 saturated heterocycles. The van der Waals surface area contributed by atoms with Gasteiger partial charge in [-0.15, -0.1) is 0 Å². The van der Waals surface area contributed by atoms with E-state index in [-0.39, 0.29) is 14.8 Å². The van der Waals surface area contributed by atoms with E-state index in [1.165, 1.54) is 0 Å². The van der Waals surface area contributed by atoms with Crippen molar-refractivity contribution in [3.63, 3.8) is 0 Å². The maximum absolute atomic E-state index is 11.5. The molecule has 0 bridgehead atoms. The summed E-state index contributed by atoms with van der Waals surface area (Å²) in [7, 11) is 1.96. The number of hydrogen-bond acceptors (Lipinski definition) is 3. The van der Waals surface area contributed by atoms with Crippen LogP contribution in [0, 0.1) is 0 Å². The molecule has 0 aromatic carbocycles. The Balaban J connectivity index is 0.000000980. The van der Waals surface area contributed by atoms with Crippen LogP contribution in [0.15, 0.2) is 0 Å². The summed E-state index contributed by atoms with van der Waals surface area (Å²) in [6.07, 6.45) is 1.69. The lowest BCUT2D eigenvalue weighted by molar-refractivity contribution is -0.125. The Kier molecular flexibility index (Phi) is 1.76. The van der Waals surface area contributed by atoms with Crippen molar-refractivity contribution < 1.29 is 12.4 Å². The second-order valence-electron chi connectivity index (χ2n) is 3.83. The lowest BCUT2D eigenvalue weighted by atomic mass is 9.89. The van der Waals surface area contributed by atoms with Crippen LogP contribution in [0.25, 0.3) is 0 Å². The first-order valence-electron chi connectivity index (χ1n) is 4.45. The number of rotatable bonds is 0. The van der Waals surface area contributed by atoms with Crippen molar-refractivity contribution >= 4 is 11.9 Å². The van der Waals surface area contributed by atoms with Gasteiger partial charge >= 0.3 is 6.03 Å². The van der Waals surface area contributed by atoms with Gasteiger partial charge in [0.05, 0.1) is 0 Å². The smallest absolute Gasteiger partial charge is 0.322 e. The van der Waals surface area contributed by atoms with Crippen molar-refractivity contribution in [3.05, 3.63) is 0 Å². The van der Waals surface area contributed by atoms with E-state index in [2.05, 4.69) is 15.5 Å². The lowest BCUT2D eigenvalue weighted by Gasteiger charge is -2.35. The fourth-order valence-corrected chi connectivity index (χ4v) is 2.09. The molecule has 0 aromatic rings. The number of likely N-dealkylation sites (N-methyl/N-ethyl adjacent to an activating group) is 1. The van der Waals surface area contributed by atoms with Gasteiger partial charge in [-0.05, 0) is 26.4 Å². The number of likely N-dealkylation sites (tertiary alicyclic amines) is 1. The van der Waals surface area contributed by atoms with Crippen LogP contribution in [0.1, 0.15) is 15.7 Å². The number of urea groups is 1. The summed E-state index contributed by atoms with van der Waals surface area (Å²) >= 11 is 0. The van der Waals surface area contributed by atoms with E-state index in [1.54, 1.807) is 0 Å². The molecule has 1 atom stereocenters. The van der Waals surface area contributed by atoms with Gasteiger partial charge in [-0.2, -0.15) is 0 Å². The lowest BCUT2D eigenvalue weighted by Crippen LogP contribution is -2.57. The van der Waals surface area contributed by atoms with Crippen LogP contribution in [0.2, 0.25) is 0 Å². The van der Waals surface area contributed by atoms with E-state index in [9.17, 15) is 9.59 Å². The fraction of sp³-hybridized carbons (Fsp3) is 0.750. The number of nitrogens with one attached hydrogen (secondary N) is 2. The Morgan fingerprint density at radius 1 is 1.54 bits per heavy atom. The molecule has 1 spiro atoms. The summed E-state index contributed by atoms with van der Waals surface area (Å²) in [6.45, 7) is 1.61. The highest BCUT2D eigenvalue weighted by Gasteiger charge is 2.47. The van der Waals surface area contributed by atoms with E-state index in [0.717, 1.165) is 19.4 Å². The van der Waals surface area contributed by atoms with Crippen LogP contribution in [0.4, 0.5) is 4.79 Å². The highest BCUT2D eigenvalue weighted by molar-refractivity contribution is 6.07. The van der Waals surface area contributed by atoms with Crippen LogP contribution in [-0.4, -0.2) is 42.5 Å². The average Bonchev–Trinajstić information content (AvgIpc) is 2.26. The minimum absolute atomic E-state index is 0. The molecule has 76 valence electrons. The molecule has 0 aliphatic carbocycles. The van der Waals surface area contributed by atoms with Crippen molar-refractivity contribution in [3.8, 4) is 0 Å². The molecule has 13 heavy (non-hydrogen) atoms. The third-order valence-corrected chi connectivity index (χ3v) is 2.70. The van der Waals surface area contributed by atoms with Crippen molar-refractivity contribution in [2.24, 2.45) is 0 Å². The maximum Gasteiger partial charge on any atom is 0.322 e. The van der Waals surface area contributed by atoms with E-state index < -0.39 is 5.54 Å². The molecule has 2 fully saturated rings. The summed E-state index contributed by atoms with van der Waals surface area (Å²) in [5, 5.41) is 4.99. The fourth-order valence-electron chi connectivity index (χ4n) is 2.09. The van der Waals surface area contributed by atoms with Crippen molar-refractivity contribution in [2.45, 2.75) is 18.4 Å². The molecule has 2 heterocycles. The number of nitrogens with zero attached hydrogens (tertiary/aromatic N) is 1. The maximum atomic E-state index is 11.5. The zero-order valence-electron chi connectivity index (χ0n) is 7.59. The SMILES string of the molecule is CN1CCC[C@]2(C1)NC(=O)NC2=O.[HH].[HH]. The van der Waals surface area contributed by atoms with Gasteiger partial charge in [0.1, 0.15) is 5.54 Å². The molecule has 0 saturated carbocycles. The Bertz CT molecular complexity index is 275. The average molecular weight is 187 g/mol. The summed E-state index contributed by atoms with van der Waals surface area (Å²) in [5.74, 6) is -0.177. The summed E-state index contributed by atoms with van der Waals surface area (Å²) in [4.78, 5) is 24.5. The Morgan fingerprint density at radius 3 is 2.85 bits per heavy atom. The Labute approximate surface area is 79.4 Å². The second kappa shape index (κ2) is 2.70. The summed E-state index contributed by atoms with van der Waals surface area (Å²) < 4.78 is 0. The molecule has 0 aromatic heterocycles. The Morgan fingerprint density at radius 2 is 2.31 bits per heavy atom. The molecule has 0 radical (unpaired) electrons. The molecule has 2 rings (SSSR count). The Hall–Kier alpha value is -1.10. The molecule has 2 aliphatic heterocycles. The largest absolute Gasteiger partial charge is 0.322 e. The molecule has 5 heteroatoms.